The molecular formula is C26H44O8. The topological polar surface area (TPSA) is 140 Å². The van der Waals surface area contributed by atoms with Crippen LogP contribution < -0.4 is 0 Å². The highest BCUT2D eigenvalue weighted by molar-refractivity contribution is 5.17. The third-order valence-electron chi connectivity index (χ3n) is 11.0. The molecule has 4 saturated carbocycles. The van der Waals surface area contributed by atoms with Crippen molar-refractivity contribution in [3.8, 4) is 0 Å². The zero-order valence-corrected chi connectivity index (χ0v) is 20.8. The van der Waals surface area contributed by atoms with Gasteiger partial charge in [0, 0.05) is 6.61 Å². The summed E-state index contributed by atoms with van der Waals surface area (Å²) in [5.74, 6) is 1.12. The van der Waals surface area contributed by atoms with Crippen molar-refractivity contribution in [2.75, 3.05) is 13.2 Å². The zero-order chi connectivity index (χ0) is 24.7. The molecule has 5 fully saturated rings. The molecule has 1 aliphatic heterocycles. The predicted octanol–water partition coefficient (Wildman–Crippen LogP) is 0.938. The summed E-state index contributed by atoms with van der Waals surface area (Å²) in [6.45, 7) is 6.03. The Labute approximate surface area is 202 Å². The van der Waals surface area contributed by atoms with Crippen LogP contribution in [0, 0.1) is 34.0 Å². The third-order valence-corrected chi connectivity index (χ3v) is 11.0. The molecule has 8 nitrogen and oxygen atoms in total. The van der Waals surface area contributed by atoms with Gasteiger partial charge < -0.3 is 40.1 Å². The summed E-state index contributed by atoms with van der Waals surface area (Å²) in [7, 11) is 0. The molecule has 1 spiro atoms. The minimum Gasteiger partial charge on any atom is -0.396 e. The zero-order valence-electron chi connectivity index (χ0n) is 20.8. The van der Waals surface area contributed by atoms with E-state index in [1.165, 1.54) is 0 Å². The van der Waals surface area contributed by atoms with Crippen LogP contribution in [0.4, 0.5) is 0 Å². The first-order chi connectivity index (χ1) is 15.9. The number of aliphatic hydroxyl groups excluding tert-OH is 5. The monoisotopic (exact) mass is 484 g/mol. The summed E-state index contributed by atoms with van der Waals surface area (Å²) in [4.78, 5) is 0. The molecule has 34 heavy (non-hydrogen) atoms. The number of rotatable bonds is 4. The van der Waals surface area contributed by atoms with Crippen LogP contribution in [0.5, 0.6) is 0 Å². The van der Waals surface area contributed by atoms with E-state index in [9.17, 15) is 30.6 Å². The van der Waals surface area contributed by atoms with Gasteiger partial charge in [0.2, 0.25) is 0 Å². The summed E-state index contributed by atoms with van der Waals surface area (Å²) >= 11 is 0. The Kier molecular flexibility index (Phi) is 6.22. The van der Waals surface area contributed by atoms with Gasteiger partial charge in [-0.15, -0.1) is 0 Å². The molecule has 8 heteroatoms. The third kappa shape index (κ3) is 3.63. The van der Waals surface area contributed by atoms with Gasteiger partial charge in [-0.2, -0.15) is 0 Å². The fourth-order valence-electron chi connectivity index (χ4n) is 9.69. The van der Waals surface area contributed by atoms with Gasteiger partial charge in [-0.25, -0.2) is 0 Å². The standard InChI is InChI=1S/C26H44O8/c1-23(13-28)9-15(33-22-21(31)20(30)19(29)16(11-27)34-22)10-24(2)17(23)6-7-26-8-14(4-5-18(24)26)25(3,32)12-26/h14-22,27-32H,4-13H2,1-3H3/t14?,15?,16?,17?,18?,19?,20?,21?,22?,23-,24+,25+,26-/m0/s1. The molecule has 196 valence electrons. The van der Waals surface area contributed by atoms with E-state index in [2.05, 4.69) is 13.8 Å². The van der Waals surface area contributed by atoms with Gasteiger partial charge in [-0.3, -0.25) is 0 Å². The fraction of sp³-hybridized carbons (Fsp3) is 1.00. The normalized spacial score (nSPS) is 59.4. The van der Waals surface area contributed by atoms with Gasteiger partial charge in [0.05, 0.1) is 18.3 Å². The summed E-state index contributed by atoms with van der Waals surface area (Å²) in [5, 5.41) is 62.2. The molecule has 9 unspecified atom stereocenters. The van der Waals surface area contributed by atoms with E-state index in [-0.39, 0.29) is 29.0 Å². The average molecular weight is 485 g/mol. The van der Waals surface area contributed by atoms with E-state index < -0.39 is 42.9 Å². The van der Waals surface area contributed by atoms with Crippen LogP contribution in [0.1, 0.15) is 72.1 Å². The molecule has 4 aliphatic carbocycles. The Bertz CT molecular complexity index is 774. The lowest BCUT2D eigenvalue weighted by atomic mass is 9.40. The summed E-state index contributed by atoms with van der Waals surface area (Å²) in [5.41, 5.74) is -0.943. The van der Waals surface area contributed by atoms with Crippen molar-refractivity contribution in [2.45, 2.75) is 115 Å². The van der Waals surface area contributed by atoms with Crippen LogP contribution in [0.2, 0.25) is 0 Å². The summed E-state index contributed by atoms with van der Waals surface area (Å²) in [6.07, 6.45) is 0.692. The van der Waals surface area contributed by atoms with Crippen LogP contribution in [0.25, 0.3) is 0 Å². The van der Waals surface area contributed by atoms with Gasteiger partial charge in [0.25, 0.3) is 0 Å². The van der Waals surface area contributed by atoms with Crippen molar-refractivity contribution in [3.63, 3.8) is 0 Å². The Morgan fingerprint density at radius 2 is 1.62 bits per heavy atom. The second-order valence-corrected chi connectivity index (χ2v) is 13.2. The highest BCUT2D eigenvalue weighted by Gasteiger charge is 2.67. The molecule has 1 saturated heterocycles. The molecule has 2 bridgehead atoms. The lowest BCUT2D eigenvalue weighted by Crippen LogP contribution is -2.62. The second kappa shape index (κ2) is 8.35. The Balaban J connectivity index is 1.42. The number of fused-ring (bicyclic) bond motifs is 3. The lowest BCUT2D eigenvalue weighted by Gasteiger charge is -2.65. The minimum absolute atomic E-state index is 0.0435. The maximum atomic E-state index is 11.1. The van der Waals surface area contributed by atoms with Crippen LogP contribution in [-0.2, 0) is 9.47 Å². The van der Waals surface area contributed by atoms with E-state index in [1.807, 2.05) is 6.92 Å². The number of hydrogen-bond donors (Lipinski definition) is 6. The Hall–Kier alpha value is -0.320. The van der Waals surface area contributed by atoms with Gasteiger partial charge in [0.15, 0.2) is 6.29 Å². The SMILES string of the molecule is C[C@@]1(CO)CC(OC2OC(CO)C(O)C(O)C2O)C[C@]2(C)C1CC[C@@]13CC(CCC12)[C@](C)(O)C3. The summed E-state index contributed by atoms with van der Waals surface area (Å²) in [6, 6.07) is 0. The van der Waals surface area contributed by atoms with E-state index in [1.54, 1.807) is 0 Å². The van der Waals surface area contributed by atoms with E-state index >= 15 is 0 Å². The predicted molar refractivity (Wildman–Crippen MR) is 122 cm³/mol. The molecule has 0 amide bonds. The molecule has 1 heterocycles. The maximum absolute atomic E-state index is 11.1. The van der Waals surface area contributed by atoms with Crippen molar-refractivity contribution in [1.82, 2.24) is 0 Å². The largest absolute Gasteiger partial charge is 0.396 e. The fourth-order valence-corrected chi connectivity index (χ4v) is 9.69. The Morgan fingerprint density at radius 3 is 2.29 bits per heavy atom. The first-order valence-electron chi connectivity index (χ1n) is 13.2. The van der Waals surface area contributed by atoms with Gasteiger partial charge in [0.1, 0.15) is 24.4 Å². The van der Waals surface area contributed by atoms with Crippen LogP contribution in [-0.4, -0.2) is 86.3 Å². The first-order valence-corrected chi connectivity index (χ1v) is 13.2. The Morgan fingerprint density at radius 1 is 0.882 bits per heavy atom. The molecule has 6 N–H and O–H groups in total. The van der Waals surface area contributed by atoms with Crippen LogP contribution in [0.15, 0.2) is 0 Å². The van der Waals surface area contributed by atoms with Crippen molar-refractivity contribution < 1.29 is 40.1 Å². The molecule has 0 aromatic carbocycles. The van der Waals surface area contributed by atoms with Gasteiger partial charge in [-0.1, -0.05) is 13.8 Å². The number of hydrogen-bond acceptors (Lipinski definition) is 8. The van der Waals surface area contributed by atoms with Gasteiger partial charge in [-0.05, 0) is 92.3 Å². The second-order valence-electron chi connectivity index (χ2n) is 13.2. The number of aliphatic hydroxyl groups is 6. The highest BCUT2D eigenvalue weighted by atomic mass is 16.7. The van der Waals surface area contributed by atoms with Crippen LogP contribution in [0.3, 0.4) is 0 Å². The minimum atomic E-state index is -1.47. The maximum Gasteiger partial charge on any atom is 0.186 e. The van der Waals surface area contributed by atoms with E-state index in [0.717, 1.165) is 44.9 Å². The smallest absolute Gasteiger partial charge is 0.186 e. The van der Waals surface area contributed by atoms with Crippen molar-refractivity contribution in [2.24, 2.45) is 34.0 Å². The highest BCUT2D eigenvalue weighted by Crippen LogP contribution is 2.73. The number of ether oxygens (including phenoxy) is 2. The lowest BCUT2D eigenvalue weighted by molar-refractivity contribution is -0.323. The molecular weight excluding hydrogens is 440 g/mol. The van der Waals surface area contributed by atoms with E-state index in [0.29, 0.717) is 24.2 Å². The summed E-state index contributed by atoms with van der Waals surface area (Å²) < 4.78 is 11.9. The van der Waals surface area contributed by atoms with Crippen molar-refractivity contribution in [1.29, 1.82) is 0 Å². The van der Waals surface area contributed by atoms with Gasteiger partial charge >= 0.3 is 0 Å². The molecule has 5 rings (SSSR count). The van der Waals surface area contributed by atoms with Crippen molar-refractivity contribution >= 4 is 0 Å². The van der Waals surface area contributed by atoms with E-state index in [4.69, 9.17) is 9.47 Å². The molecule has 0 radical (unpaired) electrons. The van der Waals surface area contributed by atoms with Crippen molar-refractivity contribution in [3.05, 3.63) is 0 Å². The van der Waals surface area contributed by atoms with Crippen LogP contribution >= 0.6 is 0 Å². The molecule has 0 aromatic heterocycles. The molecule has 0 aromatic rings. The molecule has 5 aliphatic rings. The quantitative estimate of drug-likeness (QED) is 0.324. The molecule has 13 atom stereocenters. The average Bonchev–Trinajstić information content (AvgIpc) is 2.96. The first kappa shape index (κ1) is 25.3.